The molecule has 0 fully saturated rings. The highest BCUT2D eigenvalue weighted by molar-refractivity contribution is 7.92. The van der Waals surface area contributed by atoms with E-state index in [9.17, 15) is 32.5 Å². The molecule has 2 atom stereocenters. The number of methoxy groups -OCH3 is 1. The number of ether oxygens (including phenoxy) is 1. The van der Waals surface area contributed by atoms with Gasteiger partial charge in [-0.25, -0.2) is 12.8 Å². The average molecular weight is 424 g/mol. The Kier molecular flexibility index (Phi) is 6.64. The summed E-state index contributed by atoms with van der Waals surface area (Å²) in [5, 5.41) is 11.3. The van der Waals surface area contributed by atoms with E-state index < -0.39 is 43.7 Å². The number of nitro benzene ring substituents is 1. The summed E-state index contributed by atoms with van der Waals surface area (Å²) in [6.45, 7) is 1.13. The summed E-state index contributed by atoms with van der Waals surface area (Å²) in [5.41, 5.74) is -0.182. The number of hydrogen-bond donors (Lipinski definition) is 1. The number of sulfone groups is 1. The summed E-state index contributed by atoms with van der Waals surface area (Å²) in [6.07, 6.45) is 0. The van der Waals surface area contributed by atoms with Gasteiger partial charge in [0.1, 0.15) is 5.82 Å². The Bertz CT molecular complexity index is 1020. The molecule has 2 rings (SSSR count). The highest BCUT2D eigenvalue weighted by atomic mass is 32.2. The Hall–Kier alpha value is -3.34. The van der Waals surface area contributed by atoms with Crippen molar-refractivity contribution in [3.63, 3.8) is 0 Å². The molecule has 2 aromatic carbocycles. The lowest BCUT2D eigenvalue weighted by molar-refractivity contribution is -0.384. The first-order valence-corrected chi connectivity index (χ1v) is 9.71. The van der Waals surface area contributed by atoms with Gasteiger partial charge in [-0.05, 0) is 29.8 Å². The van der Waals surface area contributed by atoms with Crippen molar-refractivity contribution in [3.8, 4) is 0 Å². The second-order valence-corrected chi connectivity index (χ2v) is 8.04. The van der Waals surface area contributed by atoms with Crippen molar-refractivity contribution in [1.82, 2.24) is 5.32 Å². The van der Waals surface area contributed by atoms with E-state index in [-0.39, 0.29) is 16.1 Å². The molecule has 0 heterocycles. The van der Waals surface area contributed by atoms with Crippen molar-refractivity contribution in [3.05, 3.63) is 70.0 Å². The molecular weight excluding hydrogens is 407 g/mol. The maximum absolute atomic E-state index is 13.3. The van der Waals surface area contributed by atoms with Crippen molar-refractivity contribution in [2.75, 3.05) is 7.11 Å². The molecule has 0 saturated carbocycles. The number of non-ortho nitro benzene ring substituents is 1. The van der Waals surface area contributed by atoms with Gasteiger partial charge in [-0.15, -0.1) is 0 Å². The van der Waals surface area contributed by atoms with E-state index in [0.29, 0.717) is 0 Å². The molecule has 1 N–H and O–H groups in total. The van der Waals surface area contributed by atoms with Gasteiger partial charge in [-0.2, -0.15) is 0 Å². The molecule has 0 aliphatic carbocycles. The number of rotatable bonds is 7. The number of amides is 1. The second kappa shape index (κ2) is 8.78. The molecule has 0 bridgehead atoms. The molecule has 0 radical (unpaired) electrons. The smallest absolute Gasteiger partial charge is 0.326 e. The van der Waals surface area contributed by atoms with E-state index >= 15 is 0 Å². The zero-order valence-corrected chi connectivity index (χ0v) is 16.2. The molecule has 1 amide bonds. The standard InChI is InChI=1S/C18H17FN2O7S/c1-11(22)20-16(12-3-5-13(19)6-4-12)17(18(23)28-2)29(26,27)15-9-7-14(8-10-15)21(24)25/h3-10,16-17H,1-2H3,(H,20,22)/t16-,17?/m1/s1. The maximum Gasteiger partial charge on any atom is 0.326 e. The largest absolute Gasteiger partial charge is 0.468 e. The number of halogens is 1. The minimum absolute atomic E-state index is 0.155. The highest BCUT2D eigenvalue weighted by Gasteiger charge is 2.43. The SMILES string of the molecule is COC(=O)C([C@H](NC(C)=O)c1ccc(F)cc1)S(=O)(=O)c1ccc([N+](=O)[O-])cc1. The molecule has 0 aromatic heterocycles. The summed E-state index contributed by atoms with van der Waals surface area (Å²) in [5.74, 6) is -2.39. The monoisotopic (exact) mass is 424 g/mol. The highest BCUT2D eigenvalue weighted by Crippen LogP contribution is 2.29. The minimum Gasteiger partial charge on any atom is -0.468 e. The van der Waals surface area contributed by atoms with E-state index in [2.05, 4.69) is 10.1 Å². The van der Waals surface area contributed by atoms with Crippen LogP contribution in [-0.2, 0) is 24.2 Å². The maximum atomic E-state index is 13.3. The number of carbonyl (C=O) groups excluding carboxylic acids is 2. The molecule has 1 unspecified atom stereocenters. The molecule has 0 aliphatic heterocycles. The van der Waals surface area contributed by atoms with Gasteiger partial charge in [-0.1, -0.05) is 12.1 Å². The quantitative estimate of drug-likeness (QED) is 0.408. The Morgan fingerprint density at radius 1 is 1.10 bits per heavy atom. The fourth-order valence-electron chi connectivity index (χ4n) is 2.69. The summed E-state index contributed by atoms with van der Waals surface area (Å²) >= 11 is 0. The molecular formula is C18H17FN2O7S. The van der Waals surface area contributed by atoms with Crippen molar-refractivity contribution in [2.24, 2.45) is 0 Å². The number of benzene rings is 2. The number of nitrogens with zero attached hydrogens (tertiary/aromatic N) is 1. The van der Waals surface area contributed by atoms with Crippen molar-refractivity contribution >= 4 is 27.4 Å². The van der Waals surface area contributed by atoms with Crippen LogP contribution in [0.25, 0.3) is 0 Å². The first-order valence-electron chi connectivity index (χ1n) is 8.16. The van der Waals surface area contributed by atoms with Gasteiger partial charge in [0.2, 0.25) is 5.91 Å². The van der Waals surface area contributed by atoms with E-state index in [1.54, 1.807) is 0 Å². The molecule has 0 saturated heterocycles. The van der Waals surface area contributed by atoms with Crippen molar-refractivity contribution < 1.29 is 32.1 Å². The third kappa shape index (κ3) is 4.93. The number of nitro groups is 1. The third-order valence-electron chi connectivity index (χ3n) is 4.03. The lowest BCUT2D eigenvalue weighted by atomic mass is 10.0. The summed E-state index contributed by atoms with van der Waals surface area (Å²) < 4.78 is 44.3. The lowest BCUT2D eigenvalue weighted by Gasteiger charge is -2.26. The first-order chi connectivity index (χ1) is 13.6. The van der Waals surface area contributed by atoms with Gasteiger partial charge in [0.15, 0.2) is 15.1 Å². The van der Waals surface area contributed by atoms with Crippen LogP contribution in [0.3, 0.4) is 0 Å². The molecule has 154 valence electrons. The molecule has 0 spiro atoms. The second-order valence-electron chi connectivity index (χ2n) is 5.97. The predicted octanol–water partition coefficient (Wildman–Crippen LogP) is 1.93. The van der Waals surface area contributed by atoms with Crippen LogP contribution in [0.2, 0.25) is 0 Å². The number of hydrogen-bond acceptors (Lipinski definition) is 7. The number of carbonyl (C=O) groups is 2. The van der Waals surface area contributed by atoms with Crippen LogP contribution in [0, 0.1) is 15.9 Å². The van der Waals surface area contributed by atoms with Gasteiger partial charge in [0.25, 0.3) is 5.69 Å². The molecule has 11 heteroatoms. The fraction of sp³-hybridized carbons (Fsp3) is 0.222. The van der Waals surface area contributed by atoms with Crippen LogP contribution < -0.4 is 5.32 Å². The van der Waals surface area contributed by atoms with Crippen LogP contribution >= 0.6 is 0 Å². The van der Waals surface area contributed by atoms with Crippen LogP contribution in [0.1, 0.15) is 18.5 Å². The van der Waals surface area contributed by atoms with Gasteiger partial charge in [0.05, 0.1) is 23.0 Å². The van der Waals surface area contributed by atoms with Crippen LogP contribution in [0.4, 0.5) is 10.1 Å². The normalized spacial score (nSPS) is 13.2. The van der Waals surface area contributed by atoms with Gasteiger partial charge >= 0.3 is 5.97 Å². The van der Waals surface area contributed by atoms with Gasteiger partial charge in [0, 0.05) is 19.1 Å². The molecule has 29 heavy (non-hydrogen) atoms. The zero-order chi connectivity index (χ0) is 21.8. The third-order valence-corrected chi connectivity index (χ3v) is 6.10. The Labute approximate surface area is 165 Å². The van der Waals surface area contributed by atoms with Crippen molar-refractivity contribution in [2.45, 2.75) is 23.1 Å². The minimum atomic E-state index is -4.46. The van der Waals surface area contributed by atoms with E-state index in [4.69, 9.17) is 0 Å². The molecule has 0 aliphatic rings. The first kappa shape index (κ1) is 22.0. The zero-order valence-electron chi connectivity index (χ0n) is 15.4. The molecule has 9 nitrogen and oxygen atoms in total. The van der Waals surface area contributed by atoms with Crippen LogP contribution in [-0.4, -0.2) is 37.6 Å². The van der Waals surface area contributed by atoms with Crippen LogP contribution in [0.5, 0.6) is 0 Å². The van der Waals surface area contributed by atoms with Crippen LogP contribution in [0.15, 0.2) is 53.4 Å². The Morgan fingerprint density at radius 3 is 2.10 bits per heavy atom. The van der Waals surface area contributed by atoms with Gasteiger partial charge < -0.3 is 10.1 Å². The number of esters is 1. The van der Waals surface area contributed by atoms with E-state index in [1.807, 2.05) is 0 Å². The number of nitrogens with one attached hydrogen (secondary N) is 1. The Morgan fingerprint density at radius 2 is 1.66 bits per heavy atom. The molecule has 2 aromatic rings. The van der Waals surface area contributed by atoms with E-state index in [1.165, 1.54) is 12.1 Å². The Balaban J connectivity index is 2.61. The van der Waals surface area contributed by atoms with E-state index in [0.717, 1.165) is 50.4 Å². The summed E-state index contributed by atoms with van der Waals surface area (Å²) in [6, 6.07) is 7.11. The van der Waals surface area contributed by atoms with Gasteiger partial charge in [-0.3, -0.25) is 19.7 Å². The van der Waals surface area contributed by atoms with Crippen molar-refractivity contribution in [1.29, 1.82) is 0 Å². The predicted molar refractivity (Wildman–Crippen MR) is 99.0 cm³/mol. The summed E-state index contributed by atoms with van der Waals surface area (Å²) in [4.78, 5) is 33.8. The topological polar surface area (TPSA) is 133 Å². The fourth-order valence-corrected chi connectivity index (χ4v) is 4.43. The average Bonchev–Trinajstić information content (AvgIpc) is 2.67. The summed E-state index contributed by atoms with van der Waals surface area (Å²) in [7, 11) is -3.48. The lowest BCUT2D eigenvalue weighted by Crippen LogP contribution is -2.44.